The lowest BCUT2D eigenvalue weighted by atomic mass is 9.97. The van der Waals surface area contributed by atoms with Crippen LogP contribution in [-0.2, 0) is 13.0 Å². The monoisotopic (exact) mass is 239 g/mol. The fourth-order valence-corrected chi connectivity index (χ4v) is 2.67. The quantitative estimate of drug-likeness (QED) is 0.778. The third-order valence-electron chi connectivity index (χ3n) is 3.63. The number of nitrogens with two attached hydrogens (primary N) is 1. The summed E-state index contributed by atoms with van der Waals surface area (Å²) in [5.41, 5.74) is 12.1. The molecule has 2 heterocycles. The number of benzene rings is 1. The van der Waals surface area contributed by atoms with Gasteiger partial charge < -0.3 is 10.6 Å². The molecule has 3 rings (SSSR count). The van der Waals surface area contributed by atoms with Crippen LogP contribution in [0.1, 0.15) is 16.7 Å². The first kappa shape index (κ1) is 11.1. The Morgan fingerprint density at radius 3 is 3.00 bits per heavy atom. The number of fused-ring (bicyclic) bond motifs is 1. The van der Waals surface area contributed by atoms with Gasteiger partial charge in [-0.3, -0.25) is 4.98 Å². The van der Waals surface area contributed by atoms with Crippen LogP contribution < -0.4 is 10.6 Å². The summed E-state index contributed by atoms with van der Waals surface area (Å²) in [6, 6.07) is 8.30. The minimum atomic E-state index is 0.929. The lowest BCUT2D eigenvalue weighted by Gasteiger charge is -2.32. The second kappa shape index (κ2) is 4.33. The number of hydrogen-bond donors (Lipinski definition) is 1. The molecular weight excluding hydrogens is 222 g/mol. The molecule has 0 fully saturated rings. The standard InChI is InChI=1S/C15H17N3/c1-11-9-17-7-5-15(11)18-8-6-13-12(10-18)3-2-4-14(13)16/h2-5,7,9H,6,8,10,16H2,1H3. The van der Waals surface area contributed by atoms with Crippen LogP contribution in [0.3, 0.4) is 0 Å². The van der Waals surface area contributed by atoms with E-state index in [1.807, 2.05) is 24.5 Å². The van der Waals surface area contributed by atoms with Gasteiger partial charge in [0.15, 0.2) is 0 Å². The van der Waals surface area contributed by atoms with Crippen molar-refractivity contribution in [2.75, 3.05) is 17.2 Å². The highest BCUT2D eigenvalue weighted by atomic mass is 15.1. The first-order valence-corrected chi connectivity index (χ1v) is 6.27. The van der Waals surface area contributed by atoms with Gasteiger partial charge >= 0.3 is 0 Å². The third-order valence-corrected chi connectivity index (χ3v) is 3.63. The molecule has 0 saturated carbocycles. The molecule has 0 unspecified atom stereocenters. The van der Waals surface area contributed by atoms with Crippen LogP contribution in [0, 0.1) is 6.92 Å². The summed E-state index contributed by atoms with van der Waals surface area (Å²) in [4.78, 5) is 6.55. The number of rotatable bonds is 1. The molecule has 18 heavy (non-hydrogen) atoms. The van der Waals surface area contributed by atoms with Gasteiger partial charge in [-0.05, 0) is 42.2 Å². The number of anilines is 2. The van der Waals surface area contributed by atoms with E-state index in [1.54, 1.807) is 0 Å². The molecule has 1 aromatic heterocycles. The van der Waals surface area contributed by atoms with E-state index in [2.05, 4.69) is 28.9 Å². The maximum atomic E-state index is 6.03. The van der Waals surface area contributed by atoms with Gasteiger partial charge in [0.1, 0.15) is 0 Å². The highest BCUT2D eigenvalue weighted by Crippen LogP contribution is 2.28. The molecule has 0 atom stereocenters. The number of hydrogen-bond acceptors (Lipinski definition) is 3. The average molecular weight is 239 g/mol. The Bertz CT molecular complexity index is 578. The smallest absolute Gasteiger partial charge is 0.0433 e. The van der Waals surface area contributed by atoms with Gasteiger partial charge in [0.25, 0.3) is 0 Å². The number of nitrogen functional groups attached to an aromatic ring is 1. The van der Waals surface area contributed by atoms with E-state index in [9.17, 15) is 0 Å². The van der Waals surface area contributed by atoms with Crippen LogP contribution in [0.2, 0.25) is 0 Å². The molecule has 0 spiro atoms. The fraction of sp³-hybridized carbons (Fsp3) is 0.267. The van der Waals surface area contributed by atoms with E-state index in [0.29, 0.717) is 0 Å². The summed E-state index contributed by atoms with van der Waals surface area (Å²) in [5.74, 6) is 0. The average Bonchev–Trinajstić information content (AvgIpc) is 2.39. The van der Waals surface area contributed by atoms with Crippen LogP contribution in [0.5, 0.6) is 0 Å². The number of nitrogens with zero attached hydrogens (tertiary/aromatic N) is 2. The van der Waals surface area contributed by atoms with Gasteiger partial charge in [0, 0.05) is 36.9 Å². The van der Waals surface area contributed by atoms with Gasteiger partial charge in [-0.25, -0.2) is 0 Å². The van der Waals surface area contributed by atoms with Crippen LogP contribution in [0.15, 0.2) is 36.7 Å². The van der Waals surface area contributed by atoms with Crippen LogP contribution in [0.25, 0.3) is 0 Å². The normalized spacial score (nSPS) is 14.4. The Kier molecular flexibility index (Phi) is 2.67. The maximum Gasteiger partial charge on any atom is 0.0433 e. The van der Waals surface area contributed by atoms with Crippen molar-refractivity contribution < 1.29 is 0 Å². The lowest BCUT2D eigenvalue weighted by molar-refractivity contribution is 0.730. The van der Waals surface area contributed by atoms with Crippen molar-refractivity contribution in [3.63, 3.8) is 0 Å². The third kappa shape index (κ3) is 1.82. The SMILES string of the molecule is Cc1cnccc1N1CCc2c(N)cccc2C1. The van der Waals surface area contributed by atoms with Gasteiger partial charge in [-0.2, -0.15) is 0 Å². The van der Waals surface area contributed by atoms with Crippen LogP contribution in [0.4, 0.5) is 11.4 Å². The largest absolute Gasteiger partial charge is 0.398 e. The summed E-state index contributed by atoms with van der Waals surface area (Å²) < 4.78 is 0. The summed E-state index contributed by atoms with van der Waals surface area (Å²) in [7, 11) is 0. The van der Waals surface area contributed by atoms with Crippen molar-refractivity contribution in [2.45, 2.75) is 19.9 Å². The van der Waals surface area contributed by atoms with E-state index >= 15 is 0 Å². The number of pyridine rings is 1. The van der Waals surface area contributed by atoms with E-state index in [1.165, 1.54) is 22.4 Å². The van der Waals surface area contributed by atoms with Gasteiger partial charge in [0.2, 0.25) is 0 Å². The van der Waals surface area contributed by atoms with Crippen molar-refractivity contribution in [3.8, 4) is 0 Å². The molecule has 0 bridgehead atoms. The second-order valence-corrected chi connectivity index (χ2v) is 4.82. The van der Waals surface area contributed by atoms with Gasteiger partial charge in [-0.1, -0.05) is 12.1 Å². The minimum Gasteiger partial charge on any atom is -0.398 e. The Hall–Kier alpha value is -2.03. The Morgan fingerprint density at radius 2 is 2.17 bits per heavy atom. The first-order chi connectivity index (χ1) is 8.75. The summed E-state index contributed by atoms with van der Waals surface area (Å²) >= 11 is 0. The predicted octanol–water partition coefficient (Wildman–Crippen LogP) is 2.53. The molecule has 0 aliphatic carbocycles. The first-order valence-electron chi connectivity index (χ1n) is 6.27. The molecule has 2 N–H and O–H groups in total. The summed E-state index contributed by atoms with van der Waals surface area (Å²) in [6.45, 7) is 4.06. The van der Waals surface area contributed by atoms with Gasteiger partial charge in [0.05, 0.1) is 0 Å². The molecule has 0 amide bonds. The Balaban J connectivity index is 1.94. The zero-order valence-corrected chi connectivity index (χ0v) is 10.6. The molecular formula is C15H17N3. The van der Waals surface area contributed by atoms with Crippen molar-refractivity contribution in [3.05, 3.63) is 53.3 Å². The molecule has 0 radical (unpaired) electrons. The highest BCUT2D eigenvalue weighted by molar-refractivity contribution is 5.58. The second-order valence-electron chi connectivity index (χ2n) is 4.82. The zero-order valence-electron chi connectivity index (χ0n) is 10.6. The molecule has 1 aromatic carbocycles. The van der Waals surface area contributed by atoms with E-state index in [4.69, 9.17) is 5.73 Å². The van der Waals surface area contributed by atoms with Crippen molar-refractivity contribution in [1.82, 2.24) is 4.98 Å². The van der Waals surface area contributed by atoms with Crippen LogP contribution in [-0.4, -0.2) is 11.5 Å². The molecule has 3 nitrogen and oxygen atoms in total. The molecule has 0 saturated heterocycles. The van der Waals surface area contributed by atoms with E-state index in [-0.39, 0.29) is 0 Å². The Labute approximate surface area is 107 Å². The van der Waals surface area contributed by atoms with E-state index < -0.39 is 0 Å². The zero-order chi connectivity index (χ0) is 12.5. The predicted molar refractivity (Wildman–Crippen MR) is 74.6 cm³/mol. The molecule has 3 heteroatoms. The molecule has 2 aromatic rings. The molecule has 1 aliphatic heterocycles. The van der Waals surface area contributed by atoms with Crippen LogP contribution >= 0.6 is 0 Å². The summed E-state index contributed by atoms with van der Waals surface area (Å²) in [5, 5.41) is 0. The van der Waals surface area contributed by atoms with Gasteiger partial charge in [-0.15, -0.1) is 0 Å². The molecule has 1 aliphatic rings. The Morgan fingerprint density at radius 1 is 1.28 bits per heavy atom. The van der Waals surface area contributed by atoms with Crippen molar-refractivity contribution in [2.24, 2.45) is 0 Å². The molecule has 92 valence electrons. The van der Waals surface area contributed by atoms with E-state index in [0.717, 1.165) is 25.2 Å². The maximum absolute atomic E-state index is 6.03. The van der Waals surface area contributed by atoms with Crippen molar-refractivity contribution >= 4 is 11.4 Å². The minimum absolute atomic E-state index is 0.929. The topological polar surface area (TPSA) is 42.2 Å². The lowest BCUT2D eigenvalue weighted by Crippen LogP contribution is -2.31. The number of aryl methyl sites for hydroxylation is 1. The van der Waals surface area contributed by atoms with Crippen molar-refractivity contribution in [1.29, 1.82) is 0 Å². The number of aromatic nitrogens is 1. The highest BCUT2D eigenvalue weighted by Gasteiger charge is 2.18. The summed E-state index contributed by atoms with van der Waals surface area (Å²) in [6.07, 6.45) is 4.80. The fourth-order valence-electron chi connectivity index (χ4n) is 2.67.